The third-order valence-corrected chi connectivity index (χ3v) is 4.91. The number of aliphatic carboxylic acids is 1. The highest BCUT2D eigenvalue weighted by Crippen LogP contribution is 2.18. The first-order valence-electron chi connectivity index (χ1n) is 8.85. The average Bonchev–Trinajstić information content (AvgIpc) is 2.62. The number of hydrogen-bond acceptors (Lipinski definition) is 3. The van der Waals surface area contributed by atoms with E-state index >= 15 is 0 Å². The molecule has 1 amide bonds. The van der Waals surface area contributed by atoms with Crippen LogP contribution in [0.1, 0.15) is 36.5 Å². The SMILES string of the molecule is CC[C@@H](C(=O)O)N1CCC[C@@H](NC(=O)c2ccc3ccccc3c2)C1. The summed E-state index contributed by atoms with van der Waals surface area (Å²) in [5.41, 5.74) is 0.640. The standard InChI is InChI=1S/C20H24N2O3/c1-2-18(20(24)25)22-11-5-8-17(13-22)21-19(23)16-10-9-14-6-3-4-7-15(14)12-16/h3-4,6-7,9-10,12,17-18H,2,5,8,11,13H2,1H3,(H,21,23)(H,24,25)/t17-,18+/m1/s1. The second-order valence-electron chi connectivity index (χ2n) is 6.63. The summed E-state index contributed by atoms with van der Waals surface area (Å²) in [5, 5.41) is 14.6. The predicted octanol–water partition coefficient (Wildman–Crippen LogP) is 2.90. The number of nitrogens with zero attached hydrogens (tertiary/aromatic N) is 1. The number of benzene rings is 2. The van der Waals surface area contributed by atoms with Gasteiger partial charge in [-0.15, -0.1) is 0 Å². The van der Waals surface area contributed by atoms with E-state index in [-0.39, 0.29) is 11.9 Å². The van der Waals surface area contributed by atoms with Crippen LogP contribution in [0.3, 0.4) is 0 Å². The average molecular weight is 340 g/mol. The lowest BCUT2D eigenvalue weighted by Crippen LogP contribution is -2.52. The van der Waals surface area contributed by atoms with Crippen molar-refractivity contribution in [2.75, 3.05) is 13.1 Å². The Hall–Kier alpha value is -2.40. The van der Waals surface area contributed by atoms with Crippen molar-refractivity contribution in [2.45, 2.75) is 38.3 Å². The van der Waals surface area contributed by atoms with Gasteiger partial charge in [-0.3, -0.25) is 14.5 Å². The van der Waals surface area contributed by atoms with Crippen LogP contribution >= 0.6 is 0 Å². The van der Waals surface area contributed by atoms with Crippen molar-refractivity contribution in [3.63, 3.8) is 0 Å². The van der Waals surface area contributed by atoms with Crippen LogP contribution in [0.2, 0.25) is 0 Å². The van der Waals surface area contributed by atoms with E-state index in [9.17, 15) is 14.7 Å². The van der Waals surface area contributed by atoms with Gasteiger partial charge in [-0.1, -0.05) is 37.3 Å². The second kappa shape index (κ2) is 7.66. The van der Waals surface area contributed by atoms with Gasteiger partial charge in [-0.05, 0) is 48.7 Å². The molecule has 3 rings (SSSR count). The summed E-state index contributed by atoms with van der Waals surface area (Å²) >= 11 is 0. The third-order valence-electron chi connectivity index (χ3n) is 4.91. The Labute approximate surface area is 147 Å². The van der Waals surface area contributed by atoms with Gasteiger partial charge in [0.25, 0.3) is 5.91 Å². The van der Waals surface area contributed by atoms with Crippen LogP contribution in [0.15, 0.2) is 42.5 Å². The molecule has 0 saturated carbocycles. The molecule has 0 bridgehead atoms. The number of likely N-dealkylation sites (tertiary alicyclic amines) is 1. The van der Waals surface area contributed by atoms with Crippen LogP contribution in [0.5, 0.6) is 0 Å². The van der Waals surface area contributed by atoms with Gasteiger partial charge in [0.2, 0.25) is 0 Å². The first kappa shape index (κ1) is 17.4. The predicted molar refractivity (Wildman–Crippen MR) is 97.7 cm³/mol. The van der Waals surface area contributed by atoms with Crippen LogP contribution in [0, 0.1) is 0 Å². The number of carboxylic acids is 1. The van der Waals surface area contributed by atoms with Crippen molar-refractivity contribution in [3.05, 3.63) is 48.0 Å². The van der Waals surface area contributed by atoms with Gasteiger partial charge in [-0.2, -0.15) is 0 Å². The van der Waals surface area contributed by atoms with Gasteiger partial charge in [0, 0.05) is 18.2 Å². The van der Waals surface area contributed by atoms with Gasteiger partial charge in [0.15, 0.2) is 0 Å². The van der Waals surface area contributed by atoms with Crippen molar-refractivity contribution in [1.82, 2.24) is 10.2 Å². The largest absolute Gasteiger partial charge is 0.480 e. The van der Waals surface area contributed by atoms with Crippen molar-refractivity contribution < 1.29 is 14.7 Å². The zero-order chi connectivity index (χ0) is 17.8. The maximum atomic E-state index is 12.6. The normalized spacial score (nSPS) is 19.5. The number of piperidine rings is 1. The van der Waals surface area contributed by atoms with Gasteiger partial charge in [0.05, 0.1) is 0 Å². The Balaban J connectivity index is 1.68. The number of rotatable bonds is 5. The van der Waals surface area contributed by atoms with Crippen molar-refractivity contribution >= 4 is 22.6 Å². The molecule has 1 heterocycles. The van der Waals surface area contributed by atoms with Crippen molar-refractivity contribution in [3.8, 4) is 0 Å². The first-order chi connectivity index (χ1) is 12.1. The number of fused-ring (bicyclic) bond motifs is 1. The molecule has 2 aromatic rings. The fraction of sp³-hybridized carbons (Fsp3) is 0.400. The molecule has 5 nitrogen and oxygen atoms in total. The van der Waals surface area contributed by atoms with E-state index < -0.39 is 12.0 Å². The van der Waals surface area contributed by atoms with Crippen LogP contribution in [-0.2, 0) is 4.79 Å². The molecule has 132 valence electrons. The Morgan fingerprint density at radius 2 is 2.00 bits per heavy atom. The molecular weight excluding hydrogens is 316 g/mol. The third kappa shape index (κ3) is 3.99. The molecule has 5 heteroatoms. The molecule has 2 aromatic carbocycles. The molecule has 1 fully saturated rings. The second-order valence-corrected chi connectivity index (χ2v) is 6.63. The zero-order valence-corrected chi connectivity index (χ0v) is 14.4. The summed E-state index contributed by atoms with van der Waals surface area (Å²) in [5.74, 6) is -0.884. The number of amides is 1. The summed E-state index contributed by atoms with van der Waals surface area (Å²) in [7, 11) is 0. The maximum absolute atomic E-state index is 12.6. The number of carbonyl (C=O) groups excluding carboxylic acids is 1. The van der Waals surface area contributed by atoms with Crippen LogP contribution in [-0.4, -0.2) is 47.1 Å². The molecule has 0 spiro atoms. The van der Waals surface area contributed by atoms with E-state index in [4.69, 9.17) is 0 Å². The Morgan fingerprint density at radius 1 is 1.24 bits per heavy atom. The summed E-state index contributed by atoms with van der Waals surface area (Å²) in [6.07, 6.45) is 2.35. The lowest BCUT2D eigenvalue weighted by Gasteiger charge is -2.36. The quantitative estimate of drug-likeness (QED) is 0.878. The summed E-state index contributed by atoms with van der Waals surface area (Å²) in [6, 6.07) is 13.2. The molecule has 25 heavy (non-hydrogen) atoms. The molecule has 0 aromatic heterocycles. The minimum absolute atomic E-state index is 0.0129. The highest BCUT2D eigenvalue weighted by atomic mass is 16.4. The van der Waals surface area contributed by atoms with Gasteiger partial charge < -0.3 is 10.4 Å². The molecule has 2 atom stereocenters. The number of nitrogens with one attached hydrogen (secondary N) is 1. The molecule has 0 unspecified atom stereocenters. The molecule has 1 aliphatic rings. The highest BCUT2D eigenvalue weighted by Gasteiger charge is 2.29. The Kier molecular flexibility index (Phi) is 5.34. The molecule has 1 aliphatic heterocycles. The highest BCUT2D eigenvalue weighted by molar-refractivity contribution is 5.98. The van der Waals surface area contributed by atoms with E-state index in [0.717, 1.165) is 30.2 Å². The lowest BCUT2D eigenvalue weighted by molar-refractivity contribution is -0.144. The first-order valence-corrected chi connectivity index (χ1v) is 8.85. The molecular formula is C20H24N2O3. The van der Waals surface area contributed by atoms with Crippen molar-refractivity contribution in [2.24, 2.45) is 0 Å². The number of carboxylic acid groups (broad SMARTS) is 1. The smallest absolute Gasteiger partial charge is 0.320 e. The van der Waals surface area contributed by atoms with E-state index in [1.165, 1.54) is 0 Å². The molecule has 2 N–H and O–H groups in total. The summed E-state index contributed by atoms with van der Waals surface area (Å²) in [4.78, 5) is 25.9. The van der Waals surface area contributed by atoms with Crippen LogP contribution in [0.4, 0.5) is 0 Å². The van der Waals surface area contributed by atoms with Gasteiger partial charge in [-0.25, -0.2) is 0 Å². The van der Waals surface area contributed by atoms with E-state index in [2.05, 4.69) is 5.32 Å². The minimum Gasteiger partial charge on any atom is -0.480 e. The number of carbonyl (C=O) groups is 2. The monoisotopic (exact) mass is 340 g/mol. The van der Waals surface area contributed by atoms with Crippen LogP contribution < -0.4 is 5.32 Å². The van der Waals surface area contributed by atoms with Crippen LogP contribution in [0.25, 0.3) is 10.8 Å². The maximum Gasteiger partial charge on any atom is 0.320 e. The van der Waals surface area contributed by atoms with Crippen molar-refractivity contribution in [1.29, 1.82) is 0 Å². The molecule has 0 aliphatic carbocycles. The topological polar surface area (TPSA) is 69.6 Å². The van der Waals surface area contributed by atoms with E-state index in [0.29, 0.717) is 18.5 Å². The van der Waals surface area contributed by atoms with E-state index in [1.54, 1.807) is 0 Å². The van der Waals surface area contributed by atoms with Gasteiger partial charge >= 0.3 is 5.97 Å². The van der Waals surface area contributed by atoms with Gasteiger partial charge in [0.1, 0.15) is 6.04 Å². The molecule has 1 saturated heterocycles. The zero-order valence-electron chi connectivity index (χ0n) is 14.4. The fourth-order valence-electron chi connectivity index (χ4n) is 3.60. The Bertz CT molecular complexity index is 774. The Morgan fingerprint density at radius 3 is 2.72 bits per heavy atom. The summed E-state index contributed by atoms with van der Waals surface area (Å²) in [6.45, 7) is 3.24. The number of hydrogen-bond donors (Lipinski definition) is 2. The molecule has 0 radical (unpaired) electrons. The van der Waals surface area contributed by atoms with E-state index in [1.807, 2.05) is 54.3 Å². The fourth-order valence-corrected chi connectivity index (χ4v) is 3.60. The summed E-state index contributed by atoms with van der Waals surface area (Å²) < 4.78 is 0. The lowest BCUT2D eigenvalue weighted by atomic mass is 10.0. The minimum atomic E-state index is -0.788.